The van der Waals surface area contributed by atoms with Gasteiger partial charge in [0.15, 0.2) is 0 Å². The number of hydrogen-bond donors (Lipinski definition) is 0. The predicted octanol–water partition coefficient (Wildman–Crippen LogP) is 6.58. The van der Waals surface area contributed by atoms with Crippen molar-refractivity contribution in [3.05, 3.63) is 119 Å². The van der Waals surface area contributed by atoms with Crippen molar-refractivity contribution in [2.45, 2.75) is 25.7 Å². The second-order valence-corrected chi connectivity index (χ2v) is 7.12. The van der Waals surface area contributed by atoms with Crippen LogP contribution in [-0.4, -0.2) is 18.6 Å². The molecule has 0 aliphatic rings. The van der Waals surface area contributed by atoms with E-state index in [4.69, 9.17) is 0 Å². The lowest BCUT2D eigenvalue weighted by Crippen LogP contribution is -2.03. The number of rotatable bonds is 10. The summed E-state index contributed by atoms with van der Waals surface area (Å²) in [5.74, 6) is 0. The second-order valence-electron chi connectivity index (χ2n) is 7.12. The molecule has 3 aromatic rings. The first kappa shape index (κ1) is 21.4. The summed E-state index contributed by atoms with van der Waals surface area (Å²) in [6, 6.07) is 26.2. The van der Waals surface area contributed by atoms with E-state index < -0.39 is 0 Å². The maximum atomic E-state index is 12.6. The summed E-state index contributed by atoms with van der Waals surface area (Å²) >= 11 is 0. The Morgan fingerprint density at radius 3 is 2.10 bits per heavy atom. The highest BCUT2D eigenvalue weighted by Gasteiger charge is 2.07. The highest BCUT2D eigenvalue weighted by molar-refractivity contribution is 6.13. The Hall–Kier alpha value is -3.33. The van der Waals surface area contributed by atoms with Gasteiger partial charge >= 0.3 is 0 Å². The molecule has 0 N–H and O–H groups in total. The summed E-state index contributed by atoms with van der Waals surface area (Å²) in [5, 5.41) is 8.87. The number of halogens is 1. The van der Waals surface area contributed by atoms with E-state index in [2.05, 4.69) is 41.0 Å². The van der Waals surface area contributed by atoms with Crippen LogP contribution < -0.4 is 0 Å². The van der Waals surface area contributed by atoms with E-state index in [0.29, 0.717) is 6.42 Å². The van der Waals surface area contributed by atoms with Crippen LogP contribution in [-0.2, 0) is 12.8 Å². The zero-order valence-corrected chi connectivity index (χ0v) is 17.2. The van der Waals surface area contributed by atoms with Crippen molar-refractivity contribution < 1.29 is 4.39 Å². The maximum absolute atomic E-state index is 12.6. The Balaban J connectivity index is 1.79. The Morgan fingerprint density at radius 1 is 0.800 bits per heavy atom. The minimum Gasteiger partial charge on any atom is -0.251 e. The van der Waals surface area contributed by atoms with Gasteiger partial charge in [-0.2, -0.15) is 5.10 Å². The molecule has 0 heterocycles. The average molecular weight is 399 g/mol. The van der Waals surface area contributed by atoms with E-state index in [9.17, 15) is 4.39 Å². The van der Waals surface area contributed by atoms with Crippen LogP contribution in [0.3, 0.4) is 0 Å². The number of allylic oxidation sites excluding steroid dienone is 1. The van der Waals surface area contributed by atoms with Gasteiger partial charge in [0.2, 0.25) is 0 Å². The molecule has 3 heteroatoms. The van der Waals surface area contributed by atoms with Gasteiger partial charge in [0.1, 0.15) is 5.71 Å². The largest absolute Gasteiger partial charge is 0.251 e. The number of hydrogen-bond acceptors (Lipinski definition) is 2. The van der Waals surface area contributed by atoms with Crippen molar-refractivity contribution in [1.82, 2.24) is 0 Å². The number of unbranched alkanes of at least 4 members (excludes halogenated alkanes) is 1. The summed E-state index contributed by atoms with van der Waals surface area (Å²) in [6.07, 6.45) is 7.37. The summed E-state index contributed by atoms with van der Waals surface area (Å²) < 4.78 is 12.6. The maximum Gasteiger partial charge on any atom is 0.100 e. The second kappa shape index (κ2) is 11.6. The molecule has 0 saturated heterocycles. The number of nitrogens with zero attached hydrogens (tertiary/aromatic N) is 2. The van der Waals surface area contributed by atoms with Crippen LogP contribution in [0.25, 0.3) is 0 Å². The van der Waals surface area contributed by atoms with Gasteiger partial charge in [-0.3, -0.25) is 4.39 Å². The zero-order chi connectivity index (χ0) is 21.0. The van der Waals surface area contributed by atoms with Crippen LogP contribution in [0, 0.1) is 0 Å². The molecular formula is C27H27FN2. The molecule has 0 aliphatic carbocycles. The molecule has 0 aliphatic heterocycles. The third kappa shape index (κ3) is 6.35. The van der Waals surface area contributed by atoms with Crippen molar-refractivity contribution in [3.63, 3.8) is 0 Å². The van der Waals surface area contributed by atoms with E-state index in [1.807, 2.05) is 60.7 Å². The number of alkyl halides is 1. The minimum atomic E-state index is -0.351. The summed E-state index contributed by atoms with van der Waals surface area (Å²) in [5.41, 5.74) is 6.04. The van der Waals surface area contributed by atoms with Gasteiger partial charge in [-0.25, -0.2) is 0 Å². The van der Waals surface area contributed by atoms with E-state index in [0.717, 1.165) is 47.2 Å². The highest BCUT2D eigenvalue weighted by atomic mass is 19.1. The first-order valence-electron chi connectivity index (χ1n) is 10.3. The minimum absolute atomic E-state index is 0.351. The molecule has 0 atom stereocenters. The standard InChI is InChI=1S/C27H27FN2/c1-2-3-5-8-22-11-13-24(14-12-22)21-29-30-27(25-9-6-4-7-10-25)26-17-15-23(16-18-26)19-20-28/h2,4,6-7,9-18,21H,1,3,5,8,19-20H2. The fourth-order valence-corrected chi connectivity index (χ4v) is 3.19. The smallest absolute Gasteiger partial charge is 0.100 e. The molecule has 152 valence electrons. The Bertz CT molecular complexity index is 972. The lowest BCUT2D eigenvalue weighted by atomic mass is 10.0. The van der Waals surface area contributed by atoms with Gasteiger partial charge in [-0.05, 0) is 36.0 Å². The fraction of sp³-hybridized carbons (Fsp3) is 0.185. The Kier molecular flexibility index (Phi) is 8.28. The highest BCUT2D eigenvalue weighted by Crippen LogP contribution is 2.14. The van der Waals surface area contributed by atoms with Crippen LogP contribution in [0.1, 0.15) is 40.7 Å². The molecule has 0 fully saturated rings. The van der Waals surface area contributed by atoms with E-state index in [1.54, 1.807) is 6.21 Å². The molecule has 0 bridgehead atoms. The molecule has 0 unspecified atom stereocenters. The zero-order valence-electron chi connectivity index (χ0n) is 17.2. The van der Waals surface area contributed by atoms with Gasteiger partial charge in [0.05, 0.1) is 12.9 Å². The number of benzene rings is 3. The molecule has 0 aromatic heterocycles. The van der Waals surface area contributed by atoms with Crippen molar-refractivity contribution in [3.8, 4) is 0 Å². The molecule has 0 saturated carbocycles. The third-order valence-electron chi connectivity index (χ3n) is 4.88. The summed E-state index contributed by atoms with van der Waals surface area (Å²) in [7, 11) is 0. The normalized spacial score (nSPS) is 11.7. The molecule has 3 rings (SSSR count). The SMILES string of the molecule is C=CCCCc1ccc(C=NN=C(c2ccccc2)c2ccc(CCF)cc2)cc1. The van der Waals surface area contributed by atoms with Crippen molar-refractivity contribution in [2.24, 2.45) is 10.2 Å². The van der Waals surface area contributed by atoms with Crippen LogP contribution in [0.5, 0.6) is 0 Å². The average Bonchev–Trinajstić information content (AvgIpc) is 2.79. The quantitative estimate of drug-likeness (QED) is 0.159. The molecule has 0 radical (unpaired) electrons. The first-order chi connectivity index (χ1) is 14.8. The van der Waals surface area contributed by atoms with Crippen molar-refractivity contribution in [1.29, 1.82) is 0 Å². The van der Waals surface area contributed by atoms with Crippen LogP contribution in [0.4, 0.5) is 4.39 Å². The monoisotopic (exact) mass is 398 g/mol. The van der Waals surface area contributed by atoms with Gasteiger partial charge in [0, 0.05) is 17.5 Å². The lowest BCUT2D eigenvalue weighted by molar-refractivity contribution is 0.495. The van der Waals surface area contributed by atoms with Gasteiger partial charge in [-0.1, -0.05) is 84.9 Å². The van der Waals surface area contributed by atoms with E-state index >= 15 is 0 Å². The van der Waals surface area contributed by atoms with Gasteiger partial charge in [0.25, 0.3) is 0 Å². The van der Waals surface area contributed by atoms with Crippen LogP contribution in [0.2, 0.25) is 0 Å². The topological polar surface area (TPSA) is 24.7 Å². The molecule has 3 aromatic carbocycles. The van der Waals surface area contributed by atoms with Gasteiger partial charge < -0.3 is 0 Å². The summed E-state index contributed by atoms with van der Waals surface area (Å²) in [6.45, 7) is 3.41. The molecule has 0 spiro atoms. The predicted molar refractivity (Wildman–Crippen MR) is 125 cm³/mol. The molecule has 30 heavy (non-hydrogen) atoms. The van der Waals surface area contributed by atoms with Crippen molar-refractivity contribution in [2.75, 3.05) is 6.67 Å². The van der Waals surface area contributed by atoms with Crippen molar-refractivity contribution >= 4 is 11.9 Å². The molecular weight excluding hydrogens is 371 g/mol. The van der Waals surface area contributed by atoms with E-state index in [1.165, 1.54) is 5.56 Å². The lowest BCUT2D eigenvalue weighted by Gasteiger charge is -2.07. The summed E-state index contributed by atoms with van der Waals surface area (Å²) in [4.78, 5) is 0. The Labute approximate surface area is 178 Å². The van der Waals surface area contributed by atoms with E-state index in [-0.39, 0.29) is 6.67 Å². The third-order valence-corrected chi connectivity index (χ3v) is 4.88. The molecule has 2 nitrogen and oxygen atoms in total. The van der Waals surface area contributed by atoms with Crippen LogP contribution in [0.15, 0.2) is 102 Å². The van der Waals surface area contributed by atoms with Gasteiger partial charge in [-0.15, -0.1) is 11.7 Å². The Morgan fingerprint density at radius 2 is 1.43 bits per heavy atom. The van der Waals surface area contributed by atoms with Crippen LogP contribution >= 0.6 is 0 Å². The fourth-order valence-electron chi connectivity index (χ4n) is 3.19. The first-order valence-corrected chi connectivity index (χ1v) is 10.3. The molecule has 0 amide bonds. The number of aryl methyl sites for hydroxylation is 2.